The number of thioether (sulfide) groups is 1. The molecule has 8 heteroatoms. The van der Waals surface area contributed by atoms with Crippen LogP contribution >= 0.6 is 23.1 Å². The third-order valence-electron chi connectivity index (χ3n) is 4.38. The van der Waals surface area contributed by atoms with E-state index in [0.29, 0.717) is 11.8 Å². The third-order valence-corrected chi connectivity index (χ3v) is 6.26. The van der Waals surface area contributed by atoms with Crippen molar-refractivity contribution < 1.29 is 4.42 Å². The van der Waals surface area contributed by atoms with Gasteiger partial charge in [0.05, 0.1) is 15.6 Å². The Morgan fingerprint density at radius 2 is 1.96 bits per heavy atom. The number of hydrogen-bond acceptors (Lipinski definition) is 7. The first-order chi connectivity index (χ1) is 13.2. The van der Waals surface area contributed by atoms with Gasteiger partial charge in [-0.05, 0) is 43.0 Å². The molecule has 0 spiro atoms. The lowest BCUT2D eigenvalue weighted by Crippen LogP contribution is -1.95. The number of fused-ring (bicyclic) bond motifs is 3. The maximum atomic E-state index is 5.87. The zero-order valence-corrected chi connectivity index (χ0v) is 16.3. The molecule has 4 heterocycles. The largest absolute Gasteiger partial charge is 0.419 e. The lowest BCUT2D eigenvalue weighted by molar-refractivity contribution is 0.510. The fourth-order valence-corrected chi connectivity index (χ4v) is 4.60. The zero-order valence-electron chi connectivity index (χ0n) is 14.7. The molecule has 1 aromatic carbocycles. The highest BCUT2D eigenvalue weighted by Gasteiger charge is 2.20. The van der Waals surface area contributed by atoms with Crippen LogP contribution in [0.1, 0.15) is 23.6 Å². The number of rotatable bonds is 4. The van der Waals surface area contributed by atoms with E-state index in [4.69, 9.17) is 4.42 Å². The zero-order chi connectivity index (χ0) is 18.4. The molecule has 134 valence electrons. The van der Waals surface area contributed by atoms with Crippen LogP contribution < -0.4 is 0 Å². The van der Waals surface area contributed by atoms with E-state index in [0.717, 1.165) is 21.2 Å². The maximum Gasteiger partial charge on any atom is 0.257 e. The van der Waals surface area contributed by atoms with Gasteiger partial charge in [-0.1, -0.05) is 36.0 Å². The quantitative estimate of drug-likeness (QED) is 0.393. The normalized spacial score (nSPS) is 12.8. The predicted molar refractivity (Wildman–Crippen MR) is 107 cm³/mol. The summed E-state index contributed by atoms with van der Waals surface area (Å²) in [6, 6.07) is 14.3. The molecule has 0 saturated carbocycles. The van der Waals surface area contributed by atoms with Crippen LogP contribution in [0.3, 0.4) is 0 Å². The number of aromatic nitrogens is 5. The standard InChI is InChI=1S/C19H15N5OS2/c1-11-10-16-20-23-19(24(16)14-7-4-3-6-13(11)14)27-12(2)17-21-22-18(25-17)15-8-5-9-26-15/h3-10,12H,1-2H3. The van der Waals surface area contributed by atoms with E-state index >= 15 is 0 Å². The molecule has 0 radical (unpaired) electrons. The summed E-state index contributed by atoms with van der Waals surface area (Å²) in [7, 11) is 0. The van der Waals surface area contributed by atoms with Gasteiger partial charge in [0.1, 0.15) is 0 Å². The minimum atomic E-state index is -0.0429. The molecule has 0 bridgehead atoms. The van der Waals surface area contributed by atoms with Crippen molar-refractivity contribution in [1.82, 2.24) is 24.8 Å². The molecule has 1 atom stereocenters. The van der Waals surface area contributed by atoms with Crippen molar-refractivity contribution >= 4 is 39.6 Å². The van der Waals surface area contributed by atoms with Gasteiger partial charge in [0.2, 0.25) is 5.89 Å². The van der Waals surface area contributed by atoms with E-state index in [1.165, 1.54) is 10.9 Å². The molecule has 4 aromatic heterocycles. The molecule has 0 amide bonds. The summed E-state index contributed by atoms with van der Waals surface area (Å²) in [5, 5.41) is 21.1. The molecular weight excluding hydrogens is 378 g/mol. The number of nitrogens with zero attached hydrogens (tertiary/aromatic N) is 5. The van der Waals surface area contributed by atoms with Crippen molar-refractivity contribution in [2.24, 2.45) is 0 Å². The SMILES string of the molecule is Cc1cc2nnc(SC(C)c3nnc(-c4cccs4)o3)n2c2ccccc12. The molecule has 0 aliphatic heterocycles. The third kappa shape index (κ3) is 2.81. The minimum absolute atomic E-state index is 0.0429. The average molecular weight is 393 g/mol. The molecule has 0 N–H and O–H groups in total. The van der Waals surface area contributed by atoms with Gasteiger partial charge in [-0.3, -0.25) is 4.40 Å². The maximum absolute atomic E-state index is 5.87. The van der Waals surface area contributed by atoms with Crippen LogP contribution in [0.25, 0.3) is 27.3 Å². The molecule has 6 nitrogen and oxygen atoms in total. The molecular formula is C19H15N5OS2. The molecule has 1 unspecified atom stereocenters. The molecule has 0 fully saturated rings. The van der Waals surface area contributed by atoms with Gasteiger partial charge in [-0.15, -0.1) is 31.7 Å². The van der Waals surface area contributed by atoms with E-state index in [1.54, 1.807) is 23.1 Å². The summed E-state index contributed by atoms with van der Waals surface area (Å²) < 4.78 is 7.95. The van der Waals surface area contributed by atoms with Crippen LogP contribution in [0, 0.1) is 6.92 Å². The first-order valence-corrected chi connectivity index (χ1v) is 10.2. The van der Waals surface area contributed by atoms with Crippen molar-refractivity contribution in [3.63, 3.8) is 0 Å². The monoisotopic (exact) mass is 393 g/mol. The first-order valence-electron chi connectivity index (χ1n) is 8.48. The Hall–Kier alpha value is -2.71. The second-order valence-electron chi connectivity index (χ2n) is 6.20. The molecule has 5 aromatic rings. The Labute approximate surface area is 163 Å². The molecule has 0 aliphatic carbocycles. The summed E-state index contributed by atoms with van der Waals surface area (Å²) >= 11 is 3.14. The van der Waals surface area contributed by atoms with Crippen molar-refractivity contribution in [3.05, 3.63) is 59.3 Å². The van der Waals surface area contributed by atoms with Crippen molar-refractivity contribution in [2.75, 3.05) is 0 Å². The lowest BCUT2D eigenvalue weighted by atomic mass is 10.1. The summed E-state index contributed by atoms with van der Waals surface area (Å²) in [5.74, 6) is 1.14. The summed E-state index contributed by atoms with van der Waals surface area (Å²) in [5.41, 5.74) is 3.12. The fraction of sp³-hybridized carbons (Fsp3) is 0.158. The van der Waals surface area contributed by atoms with E-state index in [9.17, 15) is 0 Å². The van der Waals surface area contributed by atoms with Crippen LogP contribution in [0.4, 0.5) is 0 Å². The van der Waals surface area contributed by atoms with Gasteiger partial charge < -0.3 is 4.42 Å². The summed E-state index contributed by atoms with van der Waals surface area (Å²) in [4.78, 5) is 0.973. The highest BCUT2D eigenvalue weighted by atomic mass is 32.2. The Morgan fingerprint density at radius 1 is 1.07 bits per heavy atom. The summed E-state index contributed by atoms with van der Waals surface area (Å²) in [6.07, 6.45) is 0. The van der Waals surface area contributed by atoms with Crippen LogP contribution in [0.2, 0.25) is 0 Å². The predicted octanol–water partition coefficient (Wildman–Crippen LogP) is 5.16. The van der Waals surface area contributed by atoms with E-state index in [2.05, 4.69) is 49.9 Å². The van der Waals surface area contributed by atoms with Gasteiger partial charge >= 0.3 is 0 Å². The number of benzene rings is 1. The number of pyridine rings is 1. The van der Waals surface area contributed by atoms with Gasteiger partial charge in [0.15, 0.2) is 10.8 Å². The number of hydrogen-bond donors (Lipinski definition) is 0. The summed E-state index contributed by atoms with van der Waals surface area (Å²) in [6.45, 7) is 4.13. The second kappa shape index (κ2) is 6.47. The van der Waals surface area contributed by atoms with E-state index in [-0.39, 0.29) is 5.25 Å². The van der Waals surface area contributed by atoms with Gasteiger partial charge in [-0.25, -0.2) is 0 Å². The Morgan fingerprint density at radius 3 is 2.81 bits per heavy atom. The van der Waals surface area contributed by atoms with Gasteiger partial charge in [0.25, 0.3) is 5.89 Å². The van der Waals surface area contributed by atoms with Crippen molar-refractivity contribution in [1.29, 1.82) is 0 Å². The smallest absolute Gasteiger partial charge is 0.257 e. The second-order valence-corrected chi connectivity index (χ2v) is 8.46. The highest BCUT2D eigenvalue weighted by Crippen LogP contribution is 2.36. The van der Waals surface area contributed by atoms with Crippen LogP contribution in [-0.2, 0) is 0 Å². The topological polar surface area (TPSA) is 69.1 Å². The van der Waals surface area contributed by atoms with E-state index in [1.807, 2.05) is 36.6 Å². The molecule has 27 heavy (non-hydrogen) atoms. The lowest BCUT2D eigenvalue weighted by Gasteiger charge is -2.09. The molecule has 0 aliphatic rings. The van der Waals surface area contributed by atoms with Crippen molar-refractivity contribution in [3.8, 4) is 10.8 Å². The van der Waals surface area contributed by atoms with Gasteiger partial charge in [0, 0.05) is 5.39 Å². The fourth-order valence-electron chi connectivity index (χ4n) is 3.06. The number of para-hydroxylation sites is 1. The minimum Gasteiger partial charge on any atom is -0.419 e. The average Bonchev–Trinajstić information content (AvgIpc) is 3.42. The Kier molecular flexibility index (Phi) is 3.95. The van der Waals surface area contributed by atoms with Gasteiger partial charge in [-0.2, -0.15) is 0 Å². The Bertz CT molecular complexity index is 1240. The van der Waals surface area contributed by atoms with Crippen molar-refractivity contribution in [2.45, 2.75) is 24.3 Å². The highest BCUT2D eigenvalue weighted by molar-refractivity contribution is 7.99. The molecule has 5 rings (SSSR count). The molecule has 0 saturated heterocycles. The Balaban J connectivity index is 1.52. The number of thiophene rings is 1. The first kappa shape index (κ1) is 16.5. The van der Waals surface area contributed by atoms with Crippen LogP contribution in [0.15, 0.2) is 57.4 Å². The van der Waals surface area contributed by atoms with Crippen LogP contribution in [0.5, 0.6) is 0 Å². The van der Waals surface area contributed by atoms with Crippen LogP contribution in [-0.4, -0.2) is 24.8 Å². The number of aryl methyl sites for hydroxylation is 1. The van der Waals surface area contributed by atoms with E-state index < -0.39 is 0 Å².